The van der Waals surface area contributed by atoms with Crippen molar-refractivity contribution < 1.29 is 0 Å². The monoisotopic (exact) mass is 356 g/mol. The highest BCUT2D eigenvalue weighted by atomic mass is 28.4. The second-order valence-corrected chi connectivity index (χ2v) is 30.2. The summed E-state index contributed by atoms with van der Waals surface area (Å²) < 4.78 is 5.64. The van der Waals surface area contributed by atoms with E-state index in [4.69, 9.17) is 0 Å². The first-order valence-electron chi connectivity index (χ1n) is 8.09. The van der Waals surface area contributed by atoms with E-state index >= 15 is 0 Å². The summed E-state index contributed by atoms with van der Waals surface area (Å²) in [5.41, 5.74) is 6.66. The first kappa shape index (κ1) is 19.0. The Morgan fingerprint density at radius 2 is 0.667 bits per heavy atom. The predicted molar refractivity (Wildman–Crippen MR) is 108 cm³/mol. The first-order chi connectivity index (χ1) is 8.97. The Labute approximate surface area is 137 Å². The fourth-order valence-corrected chi connectivity index (χ4v) is 23.2. The molecule has 0 fully saturated rings. The molecule has 2 nitrogen and oxygen atoms in total. The highest BCUT2D eigenvalue weighted by Gasteiger charge is 2.46. The van der Waals surface area contributed by atoms with Gasteiger partial charge in [-0.25, -0.2) is 0 Å². The molecule has 21 heavy (non-hydrogen) atoms. The van der Waals surface area contributed by atoms with Gasteiger partial charge in [-0.1, -0.05) is 84.3 Å². The van der Waals surface area contributed by atoms with Crippen LogP contribution in [-0.4, -0.2) is 41.4 Å². The molecule has 0 amide bonds. The standard InChI is InChI=1S/C15H36N2Si4/c1-18(2,3)16(19(4,5)6)14-13-15(14)17(20(7,8)9)21(10,11)12/h1-12H3. The lowest BCUT2D eigenvalue weighted by Crippen LogP contribution is -2.61. The molecule has 0 N–H and O–H groups in total. The van der Waals surface area contributed by atoms with E-state index in [-0.39, 0.29) is 0 Å². The smallest absolute Gasteiger partial charge is 0.139 e. The molecule has 1 aliphatic carbocycles. The third kappa shape index (κ3) is 4.48. The lowest BCUT2D eigenvalue weighted by Gasteiger charge is -2.48. The van der Waals surface area contributed by atoms with Crippen molar-refractivity contribution in [2.75, 3.05) is 0 Å². The third-order valence-corrected chi connectivity index (χ3v) is 17.8. The topological polar surface area (TPSA) is 6.48 Å². The molecule has 122 valence electrons. The molecular weight excluding hydrogens is 321 g/mol. The fourth-order valence-electron chi connectivity index (χ4n) is 3.76. The minimum absolute atomic E-state index is 1.35. The van der Waals surface area contributed by atoms with Crippen molar-refractivity contribution in [3.8, 4) is 0 Å². The molecule has 0 saturated heterocycles. The summed E-state index contributed by atoms with van der Waals surface area (Å²) in [6, 6.07) is 0. The van der Waals surface area contributed by atoms with Gasteiger partial charge in [-0.15, -0.1) is 0 Å². The van der Waals surface area contributed by atoms with Crippen molar-refractivity contribution in [2.24, 2.45) is 0 Å². The lowest BCUT2D eigenvalue weighted by molar-refractivity contribution is 0.716. The zero-order valence-corrected chi connectivity index (χ0v) is 20.4. The van der Waals surface area contributed by atoms with Crippen LogP contribution in [0.15, 0.2) is 17.1 Å². The molecule has 0 heterocycles. The highest BCUT2D eigenvalue weighted by molar-refractivity contribution is 6.91. The Morgan fingerprint density at radius 3 is 0.810 bits per heavy atom. The van der Waals surface area contributed by atoms with E-state index < -0.39 is 32.9 Å². The van der Waals surface area contributed by atoms with Gasteiger partial charge in [0.15, 0.2) is 0 Å². The van der Waals surface area contributed by atoms with Gasteiger partial charge in [0.25, 0.3) is 0 Å². The highest BCUT2D eigenvalue weighted by Crippen LogP contribution is 2.40. The van der Waals surface area contributed by atoms with Crippen molar-refractivity contribution in [3.05, 3.63) is 17.1 Å². The maximum absolute atomic E-state index is 3.72. The number of hydrogen-bond acceptors (Lipinski definition) is 2. The molecule has 0 radical (unpaired) electrons. The lowest BCUT2D eigenvalue weighted by atomic mass is 10.7. The van der Waals surface area contributed by atoms with Gasteiger partial charge in [0.05, 0.1) is 11.4 Å². The molecule has 1 aliphatic rings. The van der Waals surface area contributed by atoms with Gasteiger partial charge in [0.2, 0.25) is 0 Å². The van der Waals surface area contributed by atoms with Crippen molar-refractivity contribution in [1.29, 1.82) is 0 Å². The van der Waals surface area contributed by atoms with E-state index in [0.29, 0.717) is 0 Å². The van der Waals surface area contributed by atoms with Gasteiger partial charge in [0, 0.05) is 0 Å². The van der Waals surface area contributed by atoms with Crippen molar-refractivity contribution in [1.82, 2.24) is 8.46 Å². The van der Waals surface area contributed by atoms with Crippen LogP contribution in [0.1, 0.15) is 0 Å². The average Bonchev–Trinajstić information content (AvgIpc) is 2.71. The largest absolute Gasteiger partial charge is 0.416 e. The summed E-state index contributed by atoms with van der Waals surface area (Å²) in [4.78, 5) is 0. The molecule has 0 bridgehead atoms. The molecule has 0 aliphatic heterocycles. The molecule has 0 aromatic carbocycles. The van der Waals surface area contributed by atoms with E-state index in [1.165, 1.54) is 11.4 Å². The molecule has 0 atom stereocenters. The maximum atomic E-state index is 3.72. The van der Waals surface area contributed by atoms with Crippen LogP contribution in [-0.2, 0) is 0 Å². The predicted octanol–water partition coefficient (Wildman–Crippen LogP) is 5.31. The fraction of sp³-hybridized carbons (Fsp3) is 0.800. The molecule has 0 aromatic rings. The number of nitrogens with zero attached hydrogens (tertiary/aromatic N) is 2. The van der Waals surface area contributed by atoms with E-state index in [1.807, 2.05) is 0 Å². The van der Waals surface area contributed by atoms with Gasteiger partial charge in [-0.2, -0.15) is 0 Å². The van der Waals surface area contributed by atoms with Crippen LogP contribution in [0.4, 0.5) is 0 Å². The van der Waals surface area contributed by atoms with Gasteiger partial charge >= 0.3 is 0 Å². The van der Waals surface area contributed by atoms with Gasteiger partial charge < -0.3 is 8.46 Å². The quantitative estimate of drug-likeness (QED) is 0.470. The van der Waals surface area contributed by atoms with E-state index in [2.05, 4.69) is 92.8 Å². The summed E-state index contributed by atoms with van der Waals surface area (Å²) in [7, 11) is -5.40. The summed E-state index contributed by atoms with van der Waals surface area (Å²) in [6.07, 6.45) is 0. The first-order valence-corrected chi connectivity index (χ1v) is 21.9. The van der Waals surface area contributed by atoms with Crippen LogP contribution in [0, 0.1) is 0 Å². The van der Waals surface area contributed by atoms with Crippen LogP contribution >= 0.6 is 0 Å². The van der Waals surface area contributed by atoms with Gasteiger partial charge in [-0.3, -0.25) is 0 Å². The Morgan fingerprint density at radius 1 is 0.476 bits per heavy atom. The van der Waals surface area contributed by atoms with Gasteiger partial charge in [-0.05, 0) is 0 Å². The van der Waals surface area contributed by atoms with Crippen LogP contribution < -0.4 is 0 Å². The van der Waals surface area contributed by atoms with Crippen molar-refractivity contribution in [3.63, 3.8) is 0 Å². The van der Waals surface area contributed by atoms with Crippen LogP contribution in [0.2, 0.25) is 78.6 Å². The molecule has 6 heteroatoms. The summed E-state index contributed by atoms with van der Waals surface area (Å²) in [5.74, 6) is 0. The minimum Gasteiger partial charge on any atom is -0.416 e. The second-order valence-electron chi connectivity index (χ2n) is 10.2. The Hall–Kier alpha value is -0.0125. The summed E-state index contributed by atoms with van der Waals surface area (Å²) in [6.45, 7) is 29.7. The van der Waals surface area contributed by atoms with Gasteiger partial charge in [0.1, 0.15) is 32.9 Å². The molecule has 1 rings (SSSR count). The van der Waals surface area contributed by atoms with Crippen LogP contribution in [0.3, 0.4) is 0 Å². The normalized spacial score (nSPS) is 16.4. The second kappa shape index (κ2) is 5.27. The molecule has 0 aromatic heterocycles. The van der Waals surface area contributed by atoms with Crippen molar-refractivity contribution >= 4 is 32.9 Å². The Balaban J connectivity index is 3.11. The number of rotatable bonds is 6. The summed E-state index contributed by atoms with van der Waals surface area (Å²) >= 11 is 0. The maximum Gasteiger partial charge on any atom is 0.139 e. The van der Waals surface area contributed by atoms with E-state index in [9.17, 15) is 0 Å². The minimum atomic E-state index is -1.35. The number of hydrogen-bond donors (Lipinski definition) is 0. The Kier molecular flexibility index (Phi) is 4.77. The summed E-state index contributed by atoms with van der Waals surface area (Å²) in [5, 5.41) is 0. The average molecular weight is 357 g/mol. The zero-order chi connectivity index (χ0) is 17.0. The third-order valence-electron chi connectivity index (χ3n) is 3.53. The van der Waals surface area contributed by atoms with Crippen molar-refractivity contribution in [2.45, 2.75) is 78.6 Å². The molecule has 0 spiro atoms. The molecule has 0 saturated carbocycles. The van der Waals surface area contributed by atoms with Crippen LogP contribution in [0.5, 0.6) is 0 Å². The molecular formula is C15H36N2Si4. The van der Waals surface area contributed by atoms with Crippen LogP contribution in [0.25, 0.3) is 0 Å². The SMILES string of the molecule is C[Si](C)(C)N(C1=C=C1N([Si](C)(C)C)[Si](C)(C)C)[Si](C)(C)C. The Bertz CT molecular complexity index is 408. The molecule has 0 unspecified atom stereocenters. The van der Waals surface area contributed by atoms with E-state index in [0.717, 1.165) is 0 Å². The zero-order valence-electron chi connectivity index (χ0n) is 16.4. The van der Waals surface area contributed by atoms with E-state index in [1.54, 1.807) is 0 Å².